The standard InChI is InChI=1S/C10H13N3O3/c1-13-3-2-6(5-13)8-7(9(14)15)4-11-10(16)12-8/h4,6H,2-3,5H2,1H3,(H,14,15)(H,11,12,16). The van der Waals surface area contributed by atoms with Crippen molar-refractivity contribution in [1.29, 1.82) is 0 Å². The van der Waals surface area contributed by atoms with Gasteiger partial charge in [-0.2, -0.15) is 0 Å². The number of H-pyrrole nitrogens is 1. The molecule has 1 unspecified atom stereocenters. The predicted octanol–water partition coefficient (Wildman–Crippen LogP) is -0.113. The van der Waals surface area contributed by atoms with Crippen LogP contribution >= 0.6 is 0 Å². The Morgan fingerprint density at radius 2 is 2.44 bits per heavy atom. The monoisotopic (exact) mass is 223 g/mol. The number of aromatic amines is 1. The molecule has 1 atom stereocenters. The minimum Gasteiger partial charge on any atom is -0.478 e. The fourth-order valence-electron chi connectivity index (χ4n) is 2.07. The maximum absolute atomic E-state index is 11.1. The van der Waals surface area contributed by atoms with Gasteiger partial charge in [0.1, 0.15) is 0 Å². The highest BCUT2D eigenvalue weighted by Gasteiger charge is 2.26. The van der Waals surface area contributed by atoms with Crippen molar-refractivity contribution in [1.82, 2.24) is 14.9 Å². The number of carboxylic acid groups (broad SMARTS) is 1. The number of aromatic carboxylic acids is 1. The smallest absolute Gasteiger partial charge is 0.345 e. The van der Waals surface area contributed by atoms with Crippen LogP contribution in [-0.2, 0) is 0 Å². The molecule has 0 bridgehead atoms. The Morgan fingerprint density at radius 3 is 3.00 bits per heavy atom. The van der Waals surface area contributed by atoms with Crippen molar-refractivity contribution < 1.29 is 9.90 Å². The van der Waals surface area contributed by atoms with Crippen molar-refractivity contribution in [3.8, 4) is 0 Å². The number of carbonyl (C=O) groups is 1. The molecule has 1 saturated heterocycles. The number of hydrogen-bond acceptors (Lipinski definition) is 4. The molecule has 0 saturated carbocycles. The summed E-state index contributed by atoms with van der Waals surface area (Å²) in [6.45, 7) is 1.67. The van der Waals surface area contributed by atoms with Crippen molar-refractivity contribution in [3.63, 3.8) is 0 Å². The maximum atomic E-state index is 11.1. The lowest BCUT2D eigenvalue weighted by molar-refractivity contribution is 0.0694. The molecule has 0 aromatic carbocycles. The molecule has 2 rings (SSSR count). The molecular formula is C10H13N3O3. The summed E-state index contributed by atoms with van der Waals surface area (Å²) in [6, 6.07) is 0. The zero-order chi connectivity index (χ0) is 11.7. The molecular weight excluding hydrogens is 210 g/mol. The Labute approximate surface area is 91.9 Å². The van der Waals surface area contributed by atoms with Crippen LogP contribution in [0.5, 0.6) is 0 Å². The van der Waals surface area contributed by atoms with Crippen molar-refractivity contribution in [2.75, 3.05) is 20.1 Å². The Hall–Kier alpha value is -1.69. The van der Waals surface area contributed by atoms with E-state index < -0.39 is 11.7 Å². The number of nitrogens with one attached hydrogen (secondary N) is 1. The third kappa shape index (κ3) is 1.96. The minimum absolute atomic E-state index is 0.0757. The Kier molecular flexibility index (Phi) is 2.74. The second-order valence-corrected chi connectivity index (χ2v) is 4.07. The van der Waals surface area contributed by atoms with Gasteiger partial charge in [-0.1, -0.05) is 0 Å². The van der Waals surface area contributed by atoms with Crippen LogP contribution in [-0.4, -0.2) is 46.1 Å². The second kappa shape index (κ2) is 4.05. The van der Waals surface area contributed by atoms with Gasteiger partial charge in [0.2, 0.25) is 0 Å². The van der Waals surface area contributed by atoms with Crippen LogP contribution in [0.1, 0.15) is 28.4 Å². The lowest BCUT2D eigenvalue weighted by atomic mass is 10.0. The van der Waals surface area contributed by atoms with Crippen LogP contribution in [0.15, 0.2) is 11.0 Å². The number of likely N-dealkylation sites (tertiary alicyclic amines) is 1. The largest absolute Gasteiger partial charge is 0.478 e. The average molecular weight is 223 g/mol. The van der Waals surface area contributed by atoms with Crippen LogP contribution in [0, 0.1) is 0 Å². The number of hydrogen-bond donors (Lipinski definition) is 2. The summed E-state index contributed by atoms with van der Waals surface area (Å²) in [4.78, 5) is 30.2. The van der Waals surface area contributed by atoms with E-state index in [9.17, 15) is 9.59 Å². The molecule has 1 aliphatic rings. The van der Waals surface area contributed by atoms with Crippen LogP contribution in [0.4, 0.5) is 0 Å². The minimum atomic E-state index is -1.05. The summed E-state index contributed by atoms with van der Waals surface area (Å²) in [5.41, 5.74) is 0.103. The van der Waals surface area contributed by atoms with Gasteiger partial charge in [0, 0.05) is 24.4 Å². The first-order valence-corrected chi connectivity index (χ1v) is 5.09. The Bertz CT molecular complexity index is 469. The van der Waals surface area contributed by atoms with Crippen LogP contribution in [0.2, 0.25) is 0 Å². The molecule has 0 radical (unpaired) electrons. The fourth-order valence-corrected chi connectivity index (χ4v) is 2.07. The highest BCUT2D eigenvalue weighted by atomic mass is 16.4. The zero-order valence-corrected chi connectivity index (χ0v) is 8.93. The van der Waals surface area contributed by atoms with E-state index in [2.05, 4.69) is 14.9 Å². The molecule has 2 N–H and O–H groups in total. The van der Waals surface area contributed by atoms with E-state index in [1.807, 2.05) is 7.05 Å². The molecule has 6 nitrogen and oxygen atoms in total. The highest BCUT2D eigenvalue weighted by molar-refractivity contribution is 5.88. The van der Waals surface area contributed by atoms with Crippen LogP contribution in [0.25, 0.3) is 0 Å². The predicted molar refractivity (Wildman–Crippen MR) is 56.7 cm³/mol. The van der Waals surface area contributed by atoms with E-state index >= 15 is 0 Å². The van der Waals surface area contributed by atoms with Gasteiger partial charge in [-0.15, -0.1) is 0 Å². The van der Waals surface area contributed by atoms with E-state index in [0.29, 0.717) is 5.69 Å². The lowest BCUT2D eigenvalue weighted by Gasteiger charge is -2.12. The van der Waals surface area contributed by atoms with E-state index in [1.54, 1.807) is 0 Å². The van der Waals surface area contributed by atoms with E-state index in [1.165, 1.54) is 0 Å². The van der Waals surface area contributed by atoms with Crippen molar-refractivity contribution >= 4 is 5.97 Å². The normalized spacial score (nSPS) is 21.2. The van der Waals surface area contributed by atoms with Gasteiger partial charge in [0.15, 0.2) is 0 Å². The fraction of sp³-hybridized carbons (Fsp3) is 0.500. The number of nitrogens with zero attached hydrogens (tertiary/aromatic N) is 2. The molecule has 0 aliphatic carbocycles. The molecule has 0 amide bonds. The molecule has 16 heavy (non-hydrogen) atoms. The van der Waals surface area contributed by atoms with Gasteiger partial charge in [-0.25, -0.2) is 14.6 Å². The summed E-state index contributed by atoms with van der Waals surface area (Å²) >= 11 is 0. The molecule has 1 fully saturated rings. The van der Waals surface area contributed by atoms with Gasteiger partial charge >= 0.3 is 11.7 Å². The maximum Gasteiger partial charge on any atom is 0.345 e. The van der Waals surface area contributed by atoms with Gasteiger partial charge in [0.05, 0.1) is 5.56 Å². The van der Waals surface area contributed by atoms with Crippen molar-refractivity contribution in [3.05, 3.63) is 27.9 Å². The molecule has 0 spiro atoms. The molecule has 86 valence electrons. The van der Waals surface area contributed by atoms with Gasteiger partial charge in [-0.05, 0) is 20.0 Å². The summed E-state index contributed by atoms with van der Waals surface area (Å²) in [6.07, 6.45) is 1.99. The second-order valence-electron chi connectivity index (χ2n) is 4.07. The SMILES string of the molecule is CN1CCC(c2[nH]c(=O)ncc2C(=O)O)C1. The molecule has 1 aliphatic heterocycles. The Morgan fingerprint density at radius 1 is 1.69 bits per heavy atom. The van der Waals surface area contributed by atoms with Crippen molar-refractivity contribution in [2.45, 2.75) is 12.3 Å². The van der Waals surface area contributed by atoms with Crippen LogP contribution < -0.4 is 5.69 Å². The first-order chi connectivity index (χ1) is 7.58. The van der Waals surface area contributed by atoms with E-state index in [0.717, 1.165) is 25.7 Å². The van der Waals surface area contributed by atoms with Gasteiger partial charge in [0.25, 0.3) is 0 Å². The zero-order valence-electron chi connectivity index (χ0n) is 8.93. The first kappa shape index (κ1) is 10.8. The van der Waals surface area contributed by atoms with E-state index in [4.69, 9.17) is 5.11 Å². The lowest BCUT2D eigenvalue weighted by Crippen LogP contribution is -2.21. The third-order valence-corrected chi connectivity index (χ3v) is 2.87. The summed E-state index contributed by atoms with van der Waals surface area (Å²) in [5, 5.41) is 9.01. The van der Waals surface area contributed by atoms with Gasteiger partial charge in [-0.3, -0.25) is 0 Å². The topological polar surface area (TPSA) is 86.3 Å². The quantitative estimate of drug-likeness (QED) is 0.730. The number of rotatable bonds is 2. The Balaban J connectivity index is 2.41. The summed E-state index contributed by atoms with van der Waals surface area (Å²) in [7, 11) is 1.97. The third-order valence-electron chi connectivity index (χ3n) is 2.87. The molecule has 1 aromatic rings. The number of carboxylic acids is 1. The molecule has 1 aromatic heterocycles. The summed E-state index contributed by atoms with van der Waals surface area (Å²) < 4.78 is 0. The van der Waals surface area contributed by atoms with E-state index in [-0.39, 0.29) is 11.5 Å². The number of likely N-dealkylation sites (N-methyl/N-ethyl adjacent to an activating group) is 1. The molecule has 2 heterocycles. The molecule has 6 heteroatoms. The first-order valence-electron chi connectivity index (χ1n) is 5.09. The van der Waals surface area contributed by atoms with Crippen LogP contribution in [0.3, 0.4) is 0 Å². The highest BCUT2D eigenvalue weighted by Crippen LogP contribution is 2.26. The average Bonchev–Trinajstić information content (AvgIpc) is 2.64. The van der Waals surface area contributed by atoms with Gasteiger partial charge < -0.3 is 15.0 Å². The summed E-state index contributed by atoms with van der Waals surface area (Å²) in [5.74, 6) is -0.972. The number of aromatic nitrogens is 2. The van der Waals surface area contributed by atoms with Crippen molar-refractivity contribution in [2.24, 2.45) is 0 Å².